The summed E-state index contributed by atoms with van der Waals surface area (Å²) in [5, 5.41) is 0.918. The normalized spacial score (nSPS) is 10.1. The van der Waals surface area contributed by atoms with Crippen molar-refractivity contribution in [1.29, 1.82) is 0 Å². The maximum absolute atomic E-state index is 5.88. The molecule has 2 N–H and O–H groups in total. The predicted octanol–water partition coefficient (Wildman–Crippen LogP) is 2.61. The SMILES string of the molecule is C#CCCCOc1ccc(N)c2cccnc12. The highest BCUT2D eigenvalue weighted by Gasteiger charge is 2.05. The van der Waals surface area contributed by atoms with Gasteiger partial charge >= 0.3 is 0 Å². The monoisotopic (exact) mass is 226 g/mol. The van der Waals surface area contributed by atoms with Crippen molar-refractivity contribution in [3.63, 3.8) is 0 Å². The van der Waals surface area contributed by atoms with Crippen LogP contribution in [0.2, 0.25) is 0 Å². The fraction of sp³-hybridized carbons (Fsp3) is 0.214. The topological polar surface area (TPSA) is 48.1 Å². The molecule has 0 atom stereocenters. The first kappa shape index (κ1) is 11.3. The van der Waals surface area contributed by atoms with Gasteiger partial charge in [0.15, 0.2) is 0 Å². The molecule has 1 aromatic heterocycles. The van der Waals surface area contributed by atoms with Crippen LogP contribution in [0.25, 0.3) is 10.9 Å². The number of rotatable bonds is 4. The van der Waals surface area contributed by atoms with Crippen LogP contribution in [0.3, 0.4) is 0 Å². The van der Waals surface area contributed by atoms with Gasteiger partial charge in [0, 0.05) is 23.7 Å². The zero-order chi connectivity index (χ0) is 12.1. The second kappa shape index (κ2) is 5.22. The lowest BCUT2D eigenvalue weighted by molar-refractivity contribution is 0.316. The predicted molar refractivity (Wildman–Crippen MR) is 69.7 cm³/mol. The molecule has 0 saturated carbocycles. The minimum absolute atomic E-state index is 0.597. The van der Waals surface area contributed by atoms with Crippen LogP contribution in [0.1, 0.15) is 12.8 Å². The lowest BCUT2D eigenvalue weighted by Crippen LogP contribution is -1.99. The molecule has 2 aromatic rings. The number of anilines is 1. The molecule has 17 heavy (non-hydrogen) atoms. The molecule has 3 heteroatoms. The highest BCUT2D eigenvalue weighted by Crippen LogP contribution is 2.28. The standard InChI is InChI=1S/C14H14N2O/c1-2-3-4-10-17-13-8-7-12(15)11-6-5-9-16-14(11)13/h1,5-9H,3-4,10,15H2. The summed E-state index contributed by atoms with van der Waals surface area (Å²) in [6, 6.07) is 7.48. The van der Waals surface area contributed by atoms with Crippen LogP contribution in [0.5, 0.6) is 5.75 Å². The van der Waals surface area contributed by atoms with Gasteiger partial charge in [0.1, 0.15) is 11.3 Å². The summed E-state index contributed by atoms with van der Waals surface area (Å²) in [4.78, 5) is 4.30. The molecule has 0 amide bonds. The summed E-state index contributed by atoms with van der Waals surface area (Å²) >= 11 is 0. The van der Waals surface area contributed by atoms with E-state index in [1.807, 2.05) is 24.3 Å². The van der Waals surface area contributed by atoms with Gasteiger partial charge < -0.3 is 10.5 Å². The van der Waals surface area contributed by atoms with Gasteiger partial charge in [-0.1, -0.05) is 0 Å². The molecular weight excluding hydrogens is 212 g/mol. The Balaban J connectivity index is 2.23. The van der Waals surface area contributed by atoms with Gasteiger partial charge in [0.2, 0.25) is 0 Å². The van der Waals surface area contributed by atoms with Gasteiger partial charge in [-0.25, -0.2) is 0 Å². The van der Waals surface area contributed by atoms with Gasteiger partial charge in [0.25, 0.3) is 0 Å². The van der Waals surface area contributed by atoms with Gasteiger partial charge in [-0.2, -0.15) is 0 Å². The number of terminal acetylenes is 1. The van der Waals surface area contributed by atoms with Gasteiger partial charge in [-0.05, 0) is 30.7 Å². The minimum Gasteiger partial charge on any atom is -0.491 e. The van der Waals surface area contributed by atoms with Crippen LogP contribution in [0, 0.1) is 12.3 Å². The third-order valence-electron chi connectivity index (χ3n) is 2.49. The molecule has 0 aliphatic heterocycles. The summed E-state index contributed by atoms with van der Waals surface area (Å²) < 4.78 is 5.66. The number of benzene rings is 1. The van der Waals surface area contributed by atoms with Crippen molar-refractivity contribution >= 4 is 16.6 Å². The maximum atomic E-state index is 5.88. The van der Waals surface area contributed by atoms with E-state index in [1.54, 1.807) is 6.20 Å². The van der Waals surface area contributed by atoms with Crippen molar-refractivity contribution in [3.8, 4) is 18.1 Å². The van der Waals surface area contributed by atoms with Crippen molar-refractivity contribution in [2.24, 2.45) is 0 Å². The van der Waals surface area contributed by atoms with Crippen molar-refractivity contribution in [2.45, 2.75) is 12.8 Å². The van der Waals surface area contributed by atoms with E-state index >= 15 is 0 Å². The Morgan fingerprint density at radius 1 is 1.35 bits per heavy atom. The molecule has 86 valence electrons. The van der Waals surface area contributed by atoms with Crippen molar-refractivity contribution in [2.75, 3.05) is 12.3 Å². The summed E-state index contributed by atoms with van der Waals surface area (Å²) in [6.45, 7) is 0.597. The van der Waals surface area contributed by atoms with E-state index in [2.05, 4.69) is 10.9 Å². The Kier molecular flexibility index (Phi) is 3.46. The van der Waals surface area contributed by atoms with Crippen LogP contribution >= 0.6 is 0 Å². The summed E-state index contributed by atoms with van der Waals surface area (Å²) in [5.74, 6) is 3.34. The molecule has 0 aliphatic rings. The van der Waals surface area contributed by atoms with Crippen molar-refractivity contribution in [1.82, 2.24) is 4.98 Å². The number of hydrogen-bond acceptors (Lipinski definition) is 3. The van der Waals surface area contributed by atoms with E-state index in [4.69, 9.17) is 16.9 Å². The van der Waals surface area contributed by atoms with Crippen LogP contribution in [0.4, 0.5) is 5.69 Å². The minimum atomic E-state index is 0.597. The van der Waals surface area contributed by atoms with E-state index in [0.717, 1.165) is 29.5 Å². The van der Waals surface area contributed by atoms with Crippen molar-refractivity contribution in [3.05, 3.63) is 30.5 Å². The summed E-state index contributed by atoms with van der Waals surface area (Å²) in [6.07, 6.45) is 8.48. The lowest BCUT2D eigenvalue weighted by Gasteiger charge is -2.09. The molecule has 0 aliphatic carbocycles. The second-order valence-corrected chi connectivity index (χ2v) is 3.71. The zero-order valence-corrected chi connectivity index (χ0v) is 9.52. The Labute approximate surface area is 101 Å². The first-order valence-electron chi connectivity index (χ1n) is 5.52. The molecular formula is C14H14N2O. The molecule has 0 spiro atoms. The number of fused-ring (bicyclic) bond motifs is 1. The third-order valence-corrected chi connectivity index (χ3v) is 2.49. The molecule has 2 rings (SSSR count). The Morgan fingerprint density at radius 2 is 2.24 bits per heavy atom. The summed E-state index contributed by atoms with van der Waals surface area (Å²) in [7, 11) is 0. The molecule has 1 heterocycles. The smallest absolute Gasteiger partial charge is 0.145 e. The van der Waals surface area contributed by atoms with E-state index in [9.17, 15) is 0 Å². The first-order chi connectivity index (χ1) is 8.33. The van der Waals surface area contributed by atoms with Gasteiger partial charge in [0.05, 0.1) is 6.61 Å². The number of pyridine rings is 1. The van der Waals surface area contributed by atoms with E-state index in [0.29, 0.717) is 12.3 Å². The van der Waals surface area contributed by atoms with Gasteiger partial charge in [-0.15, -0.1) is 12.3 Å². The fourth-order valence-electron chi connectivity index (χ4n) is 1.64. The number of unbranched alkanes of at least 4 members (excludes halogenated alkanes) is 1. The van der Waals surface area contributed by atoms with Crippen LogP contribution in [0.15, 0.2) is 30.5 Å². The molecule has 0 unspecified atom stereocenters. The molecule has 3 nitrogen and oxygen atoms in total. The molecule has 0 bridgehead atoms. The number of nitrogens with two attached hydrogens (primary N) is 1. The Morgan fingerprint density at radius 3 is 3.06 bits per heavy atom. The van der Waals surface area contributed by atoms with Crippen molar-refractivity contribution < 1.29 is 4.74 Å². The van der Waals surface area contributed by atoms with Crippen LogP contribution in [-0.4, -0.2) is 11.6 Å². The quantitative estimate of drug-likeness (QED) is 0.495. The number of nitrogen functional groups attached to an aromatic ring is 1. The Hall–Kier alpha value is -2.21. The number of nitrogens with zero attached hydrogens (tertiary/aromatic N) is 1. The van der Waals surface area contributed by atoms with E-state index < -0.39 is 0 Å². The fourth-order valence-corrected chi connectivity index (χ4v) is 1.64. The van der Waals surface area contributed by atoms with Crippen LogP contribution in [-0.2, 0) is 0 Å². The summed E-state index contributed by atoms with van der Waals surface area (Å²) in [5.41, 5.74) is 7.39. The van der Waals surface area contributed by atoms with E-state index in [1.165, 1.54) is 0 Å². The molecule has 0 radical (unpaired) electrons. The van der Waals surface area contributed by atoms with Crippen LogP contribution < -0.4 is 10.5 Å². The molecule has 0 saturated heterocycles. The maximum Gasteiger partial charge on any atom is 0.145 e. The Bertz CT molecular complexity index is 558. The number of aromatic nitrogens is 1. The molecule has 1 aromatic carbocycles. The average Bonchev–Trinajstić information content (AvgIpc) is 2.37. The number of hydrogen-bond donors (Lipinski definition) is 1. The largest absolute Gasteiger partial charge is 0.491 e. The third kappa shape index (κ3) is 2.48. The lowest BCUT2D eigenvalue weighted by atomic mass is 10.1. The molecule has 0 fully saturated rings. The highest BCUT2D eigenvalue weighted by atomic mass is 16.5. The second-order valence-electron chi connectivity index (χ2n) is 3.71. The average molecular weight is 226 g/mol. The first-order valence-corrected chi connectivity index (χ1v) is 5.52. The highest BCUT2D eigenvalue weighted by molar-refractivity contribution is 5.94. The number of ether oxygens (including phenoxy) is 1. The van der Waals surface area contributed by atoms with E-state index in [-0.39, 0.29) is 0 Å². The zero-order valence-electron chi connectivity index (χ0n) is 9.52. The van der Waals surface area contributed by atoms with Gasteiger partial charge in [-0.3, -0.25) is 4.98 Å².